The van der Waals surface area contributed by atoms with Gasteiger partial charge in [-0.15, -0.1) is 0 Å². The van der Waals surface area contributed by atoms with Crippen LogP contribution in [0, 0.1) is 0 Å². The summed E-state index contributed by atoms with van der Waals surface area (Å²) < 4.78 is 28.3. The molecule has 0 amide bonds. The van der Waals surface area contributed by atoms with E-state index in [1.165, 1.54) is 24.3 Å². The average Bonchev–Trinajstić information content (AvgIpc) is 3.31. The van der Waals surface area contributed by atoms with Gasteiger partial charge in [-0.2, -0.15) is 20.5 Å². The Morgan fingerprint density at radius 1 is 1.18 bits per heavy atom. The number of aliphatic hydroxyl groups excluding tert-OH is 1. The van der Waals surface area contributed by atoms with E-state index in [1.54, 1.807) is 23.1 Å². The van der Waals surface area contributed by atoms with Crippen LogP contribution in [0.4, 0.5) is 20.4 Å². The molecular formula is C20H24F2N4OS. The van der Waals surface area contributed by atoms with Crippen LogP contribution in [0.3, 0.4) is 0 Å². The normalized spacial score (nSPS) is 20.3. The lowest BCUT2D eigenvalue weighted by Gasteiger charge is -2.36. The molecule has 2 fully saturated rings. The second-order valence-corrected chi connectivity index (χ2v) is 8.63. The van der Waals surface area contributed by atoms with E-state index < -0.39 is 12.0 Å². The standard InChI is InChI=1S/C16H16F2N4O.C4H8S/c17-16(18)5-4-12-13(9-2-1-3-10(19)6-9)20-15(21-14(12)16)22-7-11(23)8-22;1-2-4-5-3-1/h1-3,6,11,23H,4-5,7-8,19H2;1-4H2. The first-order valence-electron chi connectivity index (χ1n) is 9.60. The number of nitrogens with two attached hydrogens (primary N) is 1. The molecule has 3 N–H and O–H groups in total. The predicted octanol–water partition coefficient (Wildman–Crippen LogP) is 3.46. The molecule has 8 heteroatoms. The zero-order valence-electron chi connectivity index (χ0n) is 15.6. The fourth-order valence-corrected chi connectivity index (χ4v) is 4.63. The maximum absolute atomic E-state index is 14.2. The minimum absolute atomic E-state index is 0.193. The van der Waals surface area contributed by atoms with E-state index in [2.05, 4.69) is 21.7 Å². The van der Waals surface area contributed by atoms with Crippen LogP contribution in [0.15, 0.2) is 24.3 Å². The number of fused-ring (bicyclic) bond motifs is 1. The number of rotatable bonds is 2. The number of hydrogen-bond acceptors (Lipinski definition) is 6. The molecule has 2 saturated heterocycles. The lowest BCUT2D eigenvalue weighted by Crippen LogP contribution is -2.51. The van der Waals surface area contributed by atoms with Crippen molar-refractivity contribution in [3.05, 3.63) is 35.5 Å². The van der Waals surface area contributed by atoms with E-state index in [0.717, 1.165) is 0 Å². The summed E-state index contributed by atoms with van der Waals surface area (Å²) in [5.74, 6) is 0.138. The first-order chi connectivity index (χ1) is 13.4. The van der Waals surface area contributed by atoms with Crippen LogP contribution in [0.25, 0.3) is 11.3 Å². The van der Waals surface area contributed by atoms with E-state index in [-0.39, 0.29) is 24.5 Å². The molecule has 5 rings (SSSR count). The molecule has 28 heavy (non-hydrogen) atoms. The molecule has 0 bridgehead atoms. The highest BCUT2D eigenvalue weighted by Crippen LogP contribution is 2.44. The Labute approximate surface area is 167 Å². The Kier molecular flexibility index (Phi) is 5.42. The van der Waals surface area contributed by atoms with Crippen LogP contribution in [0.5, 0.6) is 0 Å². The summed E-state index contributed by atoms with van der Waals surface area (Å²) >= 11 is 2.07. The number of nitrogens with zero attached hydrogens (tertiary/aromatic N) is 3. The van der Waals surface area contributed by atoms with Crippen molar-refractivity contribution < 1.29 is 13.9 Å². The van der Waals surface area contributed by atoms with Crippen molar-refractivity contribution in [1.82, 2.24) is 9.97 Å². The highest BCUT2D eigenvalue weighted by atomic mass is 32.2. The van der Waals surface area contributed by atoms with E-state index in [0.29, 0.717) is 35.6 Å². The molecule has 0 radical (unpaired) electrons. The van der Waals surface area contributed by atoms with Crippen molar-refractivity contribution in [1.29, 1.82) is 0 Å². The molecule has 0 unspecified atom stereocenters. The number of nitrogen functional groups attached to an aromatic ring is 1. The Balaban J connectivity index is 0.000000336. The summed E-state index contributed by atoms with van der Waals surface area (Å²) in [4.78, 5) is 10.3. The molecule has 2 aromatic rings. The highest BCUT2D eigenvalue weighted by molar-refractivity contribution is 7.99. The number of alkyl halides is 2. The SMILES string of the molecule is C1CCSC1.Nc1cccc(-c2nc(N3CC(O)C3)nc3c2CCC3(F)F)c1. The first-order valence-corrected chi connectivity index (χ1v) is 10.8. The van der Waals surface area contributed by atoms with Gasteiger partial charge in [0.05, 0.1) is 11.8 Å². The van der Waals surface area contributed by atoms with Crippen LogP contribution < -0.4 is 10.6 Å². The van der Waals surface area contributed by atoms with Crippen molar-refractivity contribution in [3.63, 3.8) is 0 Å². The number of β-amino-alcohol motifs (C(OH)–C–C–N with tert-alkyl or cyclic N) is 1. The van der Waals surface area contributed by atoms with Gasteiger partial charge in [-0.1, -0.05) is 12.1 Å². The van der Waals surface area contributed by atoms with E-state index in [1.807, 2.05) is 6.07 Å². The van der Waals surface area contributed by atoms with Crippen molar-refractivity contribution in [3.8, 4) is 11.3 Å². The van der Waals surface area contributed by atoms with Crippen molar-refractivity contribution in [2.24, 2.45) is 0 Å². The molecule has 3 heterocycles. The van der Waals surface area contributed by atoms with E-state index in [9.17, 15) is 13.9 Å². The quantitative estimate of drug-likeness (QED) is 0.744. The molecule has 1 aliphatic carbocycles. The van der Waals surface area contributed by atoms with Gasteiger partial charge < -0.3 is 15.7 Å². The lowest BCUT2D eigenvalue weighted by molar-refractivity contribution is -0.00596. The number of benzene rings is 1. The average molecular weight is 407 g/mol. The highest BCUT2D eigenvalue weighted by Gasteiger charge is 2.44. The van der Waals surface area contributed by atoms with Gasteiger partial charge in [0.25, 0.3) is 5.92 Å². The van der Waals surface area contributed by atoms with E-state index in [4.69, 9.17) is 5.73 Å². The fourth-order valence-electron chi connectivity index (χ4n) is 3.61. The van der Waals surface area contributed by atoms with Gasteiger partial charge in [0.1, 0.15) is 5.69 Å². The summed E-state index contributed by atoms with van der Waals surface area (Å²) in [7, 11) is 0. The lowest BCUT2D eigenvalue weighted by atomic mass is 10.0. The molecular weight excluding hydrogens is 382 g/mol. The molecule has 3 aliphatic rings. The number of hydrogen-bond donors (Lipinski definition) is 2. The zero-order valence-corrected chi connectivity index (χ0v) is 16.4. The number of aliphatic hydroxyl groups is 1. The smallest absolute Gasteiger partial charge is 0.290 e. The molecule has 1 aromatic heterocycles. The minimum Gasteiger partial charge on any atom is -0.399 e. The van der Waals surface area contributed by atoms with Crippen LogP contribution >= 0.6 is 11.8 Å². The molecule has 2 aliphatic heterocycles. The molecule has 5 nitrogen and oxygen atoms in total. The summed E-state index contributed by atoms with van der Waals surface area (Å²) in [5.41, 5.74) is 7.89. The zero-order chi connectivity index (χ0) is 19.7. The molecule has 0 atom stereocenters. The van der Waals surface area contributed by atoms with Crippen LogP contribution in [0.2, 0.25) is 0 Å². The third-order valence-electron chi connectivity index (χ3n) is 5.16. The number of thioether (sulfide) groups is 1. The summed E-state index contributed by atoms with van der Waals surface area (Å²) in [6.45, 7) is 0.724. The maximum Gasteiger partial charge on any atom is 0.290 e. The topological polar surface area (TPSA) is 75.3 Å². The van der Waals surface area contributed by atoms with Crippen LogP contribution in [-0.4, -0.2) is 45.8 Å². The summed E-state index contributed by atoms with van der Waals surface area (Å²) in [5, 5.41) is 9.44. The Morgan fingerprint density at radius 3 is 2.54 bits per heavy atom. The Morgan fingerprint density at radius 2 is 1.93 bits per heavy atom. The van der Waals surface area contributed by atoms with Gasteiger partial charge in [0.2, 0.25) is 5.95 Å². The molecule has 150 valence electrons. The van der Waals surface area contributed by atoms with Gasteiger partial charge in [0, 0.05) is 36.3 Å². The van der Waals surface area contributed by atoms with E-state index >= 15 is 0 Å². The molecule has 0 spiro atoms. The maximum atomic E-state index is 14.2. The monoisotopic (exact) mass is 406 g/mol. The number of anilines is 2. The Bertz CT molecular complexity index is 846. The third kappa shape index (κ3) is 3.93. The largest absolute Gasteiger partial charge is 0.399 e. The van der Waals surface area contributed by atoms with Crippen molar-refractivity contribution in [2.45, 2.75) is 37.7 Å². The molecule has 0 saturated carbocycles. The van der Waals surface area contributed by atoms with Crippen LogP contribution in [-0.2, 0) is 12.3 Å². The second-order valence-electron chi connectivity index (χ2n) is 7.41. The summed E-state index contributed by atoms with van der Waals surface area (Å²) in [6.07, 6.45) is 2.46. The predicted molar refractivity (Wildman–Crippen MR) is 109 cm³/mol. The number of halogens is 2. The van der Waals surface area contributed by atoms with Crippen LogP contribution in [0.1, 0.15) is 30.5 Å². The van der Waals surface area contributed by atoms with Gasteiger partial charge in [-0.3, -0.25) is 0 Å². The third-order valence-corrected chi connectivity index (χ3v) is 6.32. The molecule has 1 aromatic carbocycles. The first kappa shape index (κ1) is 19.4. The number of aromatic nitrogens is 2. The van der Waals surface area contributed by atoms with Gasteiger partial charge >= 0.3 is 0 Å². The van der Waals surface area contributed by atoms with Gasteiger partial charge in [-0.05, 0) is 42.9 Å². The Hall–Kier alpha value is -1.93. The summed E-state index contributed by atoms with van der Waals surface area (Å²) in [6, 6.07) is 7.06. The fraction of sp³-hybridized carbons (Fsp3) is 0.500. The van der Waals surface area contributed by atoms with Gasteiger partial charge in [0.15, 0.2) is 0 Å². The second kappa shape index (κ2) is 7.83. The van der Waals surface area contributed by atoms with Gasteiger partial charge in [-0.25, -0.2) is 9.97 Å². The van der Waals surface area contributed by atoms with Crippen molar-refractivity contribution >= 4 is 23.4 Å². The minimum atomic E-state index is -2.94. The van der Waals surface area contributed by atoms with Crippen molar-refractivity contribution in [2.75, 3.05) is 35.2 Å².